The van der Waals surface area contributed by atoms with Gasteiger partial charge in [0.1, 0.15) is 11.6 Å². The molecule has 0 aliphatic heterocycles. The van der Waals surface area contributed by atoms with E-state index in [0.717, 1.165) is 22.7 Å². The quantitative estimate of drug-likeness (QED) is 0.0978. The molecule has 0 atom stereocenters. The van der Waals surface area contributed by atoms with Gasteiger partial charge in [-0.3, -0.25) is 25.0 Å². The van der Waals surface area contributed by atoms with Gasteiger partial charge in [-0.25, -0.2) is 0 Å². The van der Waals surface area contributed by atoms with Crippen molar-refractivity contribution in [2.24, 2.45) is 0 Å². The summed E-state index contributed by atoms with van der Waals surface area (Å²) in [6.07, 6.45) is 1.36. The molecule has 0 aliphatic rings. The first-order valence-electron chi connectivity index (χ1n) is 9.80. The van der Waals surface area contributed by atoms with E-state index in [9.17, 15) is 30.3 Å². The molecule has 0 aliphatic carbocycles. The van der Waals surface area contributed by atoms with Gasteiger partial charge >= 0.3 is 5.69 Å². The summed E-state index contributed by atoms with van der Waals surface area (Å²) in [4.78, 5) is 33.5. The molecular weight excluding hydrogens is 651 g/mol. The van der Waals surface area contributed by atoms with Crippen molar-refractivity contribution in [3.63, 3.8) is 0 Å². The molecule has 11 nitrogen and oxygen atoms in total. The van der Waals surface area contributed by atoms with Gasteiger partial charge in [-0.15, -0.1) is 0 Å². The second-order valence-corrected chi connectivity index (χ2v) is 9.01. The molecule has 1 N–H and O–H groups in total. The van der Waals surface area contributed by atoms with Crippen LogP contribution in [0.25, 0.3) is 6.08 Å². The van der Waals surface area contributed by atoms with E-state index < -0.39 is 27.1 Å². The molecule has 36 heavy (non-hydrogen) atoms. The fourth-order valence-electron chi connectivity index (χ4n) is 2.96. The molecule has 1 amide bonds. The second kappa shape index (κ2) is 11.6. The summed E-state index contributed by atoms with van der Waals surface area (Å²) < 4.78 is 12.3. The Morgan fingerprint density at radius 1 is 1.11 bits per heavy atom. The van der Waals surface area contributed by atoms with Gasteiger partial charge in [0.15, 0.2) is 11.5 Å². The minimum atomic E-state index is -0.790. The number of carbonyl (C=O) groups excluding carboxylic acids is 1. The Bertz CT molecular complexity index is 1450. The Morgan fingerprint density at radius 3 is 2.47 bits per heavy atom. The topological polar surface area (TPSA) is 158 Å². The molecule has 13 heteroatoms. The molecule has 0 radical (unpaired) electrons. The molecule has 0 fully saturated rings. The van der Waals surface area contributed by atoms with E-state index in [1.165, 1.54) is 19.3 Å². The van der Waals surface area contributed by atoms with Gasteiger partial charge in [0.25, 0.3) is 11.6 Å². The number of non-ortho nitro benzene ring substituents is 1. The summed E-state index contributed by atoms with van der Waals surface area (Å²) in [7, 11) is 1.35. The molecule has 3 aromatic carbocycles. The van der Waals surface area contributed by atoms with Gasteiger partial charge in [-0.1, -0.05) is 22.0 Å². The smallest absolute Gasteiger partial charge is 0.318 e. The average Bonchev–Trinajstić information content (AvgIpc) is 2.83. The van der Waals surface area contributed by atoms with Crippen molar-refractivity contribution in [3.8, 4) is 23.3 Å². The van der Waals surface area contributed by atoms with E-state index in [-0.39, 0.29) is 22.8 Å². The molecule has 0 unspecified atom stereocenters. The normalized spacial score (nSPS) is 10.8. The SMILES string of the molecule is COc1cc(/C=C(\C#N)C(=O)Nc2cccc(Br)c2)cc(I)c1Oc1ccc([N+](=O)[O-])cc1[N+](=O)[O-]. The average molecular weight is 665 g/mol. The van der Waals surface area contributed by atoms with E-state index in [0.29, 0.717) is 14.8 Å². The van der Waals surface area contributed by atoms with Crippen molar-refractivity contribution < 1.29 is 24.1 Å². The van der Waals surface area contributed by atoms with Crippen molar-refractivity contribution in [1.82, 2.24) is 0 Å². The van der Waals surface area contributed by atoms with Crippen LogP contribution in [0.2, 0.25) is 0 Å². The zero-order valence-corrected chi connectivity index (χ0v) is 22.0. The Kier molecular flexibility index (Phi) is 8.56. The van der Waals surface area contributed by atoms with E-state index >= 15 is 0 Å². The lowest BCUT2D eigenvalue weighted by Crippen LogP contribution is -2.13. The molecular formula is C23H14BrIN4O7. The monoisotopic (exact) mass is 664 g/mol. The van der Waals surface area contributed by atoms with Gasteiger partial charge in [0, 0.05) is 16.2 Å². The molecule has 0 heterocycles. The van der Waals surface area contributed by atoms with Crippen LogP contribution >= 0.6 is 38.5 Å². The zero-order chi connectivity index (χ0) is 26.4. The van der Waals surface area contributed by atoms with Gasteiger partial charge < -0.3 is 14.8 Å². The highest BCUT2D eigenvalue weighted by Crippen LogP contribution is 2.41. The maximum absolute atomic E-state index is 12.6. The van der Waals surface area contributed by atoms with Crippen LogP contribution in [0.15, 0.2) is 64.6 Å². The number of nitriles is 1. The highest BCUT2D eigenvalue weighted by molar-refractivity contribution is 14.1. The van der Waals surface area contributed by atoms with Crippen LogP contribution in [0.5, 0.6) is 17.2 Å². The lowest BCUT2D eigenvalue weighted by atomic mass is 10.1. The maximum atomic E-state index is 12.6. The minimum absolute atomic E-state index is 0.115. The largest absolute Gasteiger partial charge is 0.493 e. The summed E-state index contributed by atoms with van der Waals surface area (Å²) in [5.74, 6) is -0.572. The second-order valence-electron chi connectivity index (χ2n) is 6.94. The number of anilines is 1. The predicted molar refractivity (Wildman–Crippen MR) is 142 cm³/mol. The Morgan fingerprint density at radius 2 is 1.86 bits per heavy atom. The molecule has 182 valence electrons. The number of nitrogens with one attached hydrogen (secondary N) is 1. The van der Waals surface area contributed by atoms with Gasteiger partial charge in [0.2, 0.25) is 5.75 Å². The molecule has 0 spiro atoms. The molecule has 0 bridgehead atoms. The van der Waals surface area contributed by atoms with Crippen LogP contribution in [0, 0.1) is 35.1 Å². The van der Waals surface area contributed by atoms with E-state index in [1.54, 1.807) is 30.3 Å². The predicted octanol–water partition coefficient (Wildman–Crippen LogP) is 6.22. The van der Waals surface area contributed by atoms with Crippen molar-refractivity contribution in [2.75, 3.05) is 12.4 Å². The number of ether oxygens (including phenoxy) is 2. The molecule has 3 aromatic rings. The highest BCUT2D eigenvalue weighted by atomic mass is 127. The first-order chi connectivity index (χ1) is 17.1. The maximum Gasteiger partial charge on any atom is 0.318 e. The molecule has 3 rings (SSSR count). The van der Waals surface area contributed by atoms with Crippen molar-refractivity contribution in [3.05, 3.63) is 94.0 Å². The van der Waals surface area contributed by atoms with Gasteiger partial charge in [-0.05, 0) is 70.6 Å². The van der Waals surface area contributed by atoms with Gasteiger partial charge in [-0.2, -0.15) is 5.26 Å². The fourth-order valence-corrected chi connectivity index (χ4v) is 4.10. The first kappa shape index (κ1) is 26.6. The third kappa shape index (κ3) is 6.34. The van der Waals surface area contributed by atoms with Crippen LogP contribution in [0.4, 0.5) is 17.1 Å². The summed E-state index contributed by atoms with van der Waals surface area (Å²) >= 11 is 5.22. The number of nitro groups is 2. The standard InChI is InChI=1S/C23H14BrIN4O7/c1-35-21-9-13(7-14(12-26)23(30)27-16-4-2-3-15(24)10-16)8-18(25)22(21)36-20-6-5-17(28(31)32)11-19(20)29(33)34/h2-11H,1H3,(H,27,30)/b14-7+. The Balaban J connectivity index is 1.95. The Labute approximate surface area is 225 Å². The molecule has 0 saturated carbocycles. The first-order valence-corrected chi connectivity index (χ1v) is 11.7. The van der Waals surface area contributed by atoms with E-state index in [1.807, 2.05) is 28.7 Å². The van der Waals surface area contributed by atoms with Gasteiger partial charge in [0.05, 0.1) is 26.6 Å². The summed E-state index contributed by atoms with van der Waals surface area (Å²) in [6, 6.07) is 14.8. The van der Waals surface area contributed by atoms with Crippen LogP contribution in [-0.4, -0.2) is 22.9 Å². The van der Waals surface area contributed by atoms with Crippen molar-refractivity contribution in [1.29, 1.82) is 5.26 Å². The summed E-state index contributed by atoms with van der Waals surface area (Å²) in [6.45, 7) is 0. The highest BCUT2D eigenvalue weighted by Gasteiger charge is 2.23. The Hall–Kier alpha value is -4.03. The number of nitrogens with zero attached hydrogens (tertiary/aromatic N) is 3. The van der Waals surface area contributed by atoms with Crippen LogP contribution in [0.1, 0.15) is 5.56 Å². The fraction of sp³-hybridized carbons (Fsp3) is 0.0435. The lowest BCUT2D eigenvalue weighted by molar-refractivity contribution is -0.394. The molecule has 0 saturated heterocycles. The third-order valence-electron chi connectivity index (χ3n) is 4.57. The number of carbonyl (C=O) groups is 1. The van der Waals surface area contributed by atoms with Crippen molar-refractivity contribution in [2.45, 2.75) is 0 Å². The number of methoxy groups -OCH3 is 1. The minimum Gasteiger partial charge on any atom is -0.493 e. The van der Waals surface area contributed by atoms with Crippen LogP contribution in [-0.2, 0) is 4.79 Å². The number of hydrogen-bond donors (Lipinski definition) is 1. The van der Waals surface area contributed by atoms with Crippen LogP contribution in [0.3, 0.4) is 0 Å². The number of rotatable bonds is 8. The summed E-state index contributed by atoms with van der Waals surface area (Å²) in [5, 5.41) is 34.6. The lowest BCUT2D eigenvalue weighted by Gasteiger charge is -2.13. The van der Waals surface area contributed by atoms with E-state index in [4.69, 9.17) is 9.47 Å². The summed E-state index contributed by atoms with van der Waals surface area (Å²) in [5.41, 5.74) is -0.297. The van der Waals surface area contributed by atoms with E-state index in [2.05, 4.69) is 21.2 Å². The van der Waals surface area contributed by atoms with Crippen LogP contribution < -0.4 is 14.8 Å². The van der Waals surface area contributed by atoms with Crippen molar-refractivity contribution >= 4 is 67.6 Å². The number of hydrogen-bond acceptors (Lipinski definition) is 8. The number of halogens is 2. The molecule has 0 aromatic heterocycles. The number of nitro benzene ring substituents is 2. The zero-order valence-electron chi connectivity index (χ0n) is 18.2. The number of benzene rings is 3. The number of amides is 1. The third-order valence-corrected chi connectivity index (χ3v) is 5.87.